The van der Waals surface area contributed by atoms with Gasteiger partial charge in [-0.25, -0.2) is 0 Å². The van der Waals surface area contributed by atoms with Crippen LogP contribution >= 0.6 is 11.6 Å². The number of rotatable bonds is 6. The highest BCUT2D eigenvalue weighted by molar-refractivity contribution is 6.34. The number of amides is 1. The van der Waals surface area contributed by atoms with Crippen LogP contribution in [0.2, 0.25) is 5.02 Å². The Balaban J connectivity index is 1.53. The van der Waals surface area contributed by atoms with Gasteiger partial charge in [0.15, 0.2) is 34.7 Å². The number of hydrogen-bond acceptors (Lipinski definition) is 9. The smallest absolute Gasteiger partial charge is 0.235 e. The number of nitrogens with two attached hydrogens (primary N) is 1. The number of fused-ring (bicyclic) bond motifs is 3. The molecule has 210 valence electrons. The van der Waals surface area contributed by atoms with Gasteiger partial charge in [0.2, 0.25) is 5.91 Å². The monoisotopic (exact) mass is 559 g/mol. The molecule has 11 heteroatoms. The number of carbonyl (C=O) groups is 5. The molecule has 0 aliphatic heterocycles. The zero-order valence-corrected chi connectivity index (χ0v) is 23.0. The topological polar surface area (TPSA) is 158 Å². The van der Waals surface area contributed by atoms with Crippen LogP contribution in [0, 0.1) is 29.6 Å². The van der Waals surface area contributed by atoms with Gasteiger partial charge in [-0.05, 0) is 75.9 Å². The lowest BCUT2D eigenvalue weighted by Crippen LogP contribution is -2.74. The average molecular weight is 560 g/mol. The van der Waals surface area contributed by atoms with Crippen LogP contribution in [-0.2, 0) is 32.1 Å². The lowest BCUT2D eigenvalue weighted by molar-refractivity contribution is -0.181. The Bertz CT molecular complexity index is 1290. The molecule has 0 aromatic heterocycles. The summed E-state index contributed by atoms with van der Waals surface area (Å²) in [4.78, 5) is 69.7. The maximum Gasteiger partial charge on any atom is 0.235 e. The zero-order valence-electron chi connectivity index (χ0n) is 22.3. The Kier molecular flexibility index (Phi) is 6.98. The van der Waals surface area contributed by atoms with E-state index in [1.165, 1.54) is 30.2 Å². The zero-order chi connectivity index (χ0) is 28.5. The van der Waals surface area contributed by atoms with Crippen molar-refractivity contribution in [2.24, 2.45) is 35.3 Å². The van der Waals surface area contributed by atoms with E-state index in [0.717, 1.165) is 6.54 Å². The quantitative estimate of drug-likeness (QED) is 0.428. The predicted molar refractivity (Wildman–Crippen MR) is 140 cm³/mol. The summed E-state index contributed by atoms with van der Waals surface area (Å²) in [6.45, 7) is 1.37. The maximum atomic E-state index is 13.8. The Morgan fingerprint density at radius 1 is 1.15 bits per heavy atom. The highest BCUT2D eigenvalue weighted by atomic mass is 35.5. The fraction of sp³-hybridized carbons (Fsp3) is 0.607. The number of phenolic OH excluding ortho intramolecular Hbond substituents is 1. The molecule has 0 heterocycles. The summed E-state index contributed by atoms with van der Waals surface area (Å²) < 4.78 is 0. The minimum absolute atomic E-state index is 0.00715. The largest absolute Gasteiger partial charge is 0.507 e. The third-order valence-corrected chi connectivity index (χ3v) is 9.78. The minimum Gasteiger partial charge on any atom is -0.507 e. The molecule has 3 fully saturated rings. The molecule has 0 saturated heterocycles. The molecule has 0 bridgehead atoms. The van der Waals surface area contributed by atoms with Crippen molar-refractivity contribution in [3.8, 4) is 5.75 Å². The molecule has 4 aliphatic carbocycles. The van der Waals surface area contributed by atoms with E-state index in [9.17, 15) is 34.2 Å². The predicted octanol–water partition coefficient (Wildman–Crippen LogP) is 0.752. The van der Waals surface area contributed by atoms with E-state index < -0.39 is 64.4 Å². The molecule has 0 spiro atoms. The van der Waals surface area contributed by atoms with Crippen molar-refractivity contribution in [2.75, 3.05) is 27.7 Å². The molecule has 3 saturated carbocycles. The van der Waals surface area contributed by atoms with Gasteiger partial charge in [0.05, 0.1) is 17.5 Å². The molecule has 1 aromatic rings. The third kappa shape index (κ3) is 4.15. The summed E-state index contributed by atoms with van der Waals surface area (Å²) >= 11 is 6.81. The maximum absolute atomic E-state index is 13.8. The van der Waals surface area contributed by atoms with E-state index in [1.54, 1.807) is 14.1 Å². The molecule has 4 aliphatic rings. The molecular weight excluding hydrogens is 526 g/mol. The molecule has 1 amide bonds. The summed E-state index contributed by atoms with van der Waals surface area (Å²) in [7, 11) is 5.08. The van der Waals surface area contributed by atoms with Crippen molar-refractivity contribution in [3.05, 3.63) is 27.8 Å². The number of aliphatic hydroxyl groups is 1. The number of benzene rings is 1. The van der Waals surface area contributed by atoms with Gasteiger partial charge in [0.1, 0.15) is 5.75 Å². The number of aromatic hydroxyl groups is 1. The summed E-state index contributed by atoms with van der Waals surface area (Å²) in [5.74, 6) is -10.0. The van der Waals surface area contributed by atoms with Crippen LogP contribution in [-0.4, -0.2) is 88.4 Å². The fourth-order valence-corrected chi connectivity index (χ4v) is 7.58. The summed E-state index contributed by atoms with van der Waals surface area (Å²) in [6, 6.07) is 0.305. The molecular formula is C28H34ClN3O7. The normalized spacial score (nSPS) is 32.6. The third-order valence-electron chi connectivity index (χ3n) is 9.30. The summed E-state index contributed by atoms with van der Waals surface area (Å²) in [5.41, 5.74) is 3.61. The Morgan fingerprint density at radius 2 is 1.82 bits per heavy atom. The lowest BCUT2D eigenvalue weighted by atomic mass is 9.52. The van der Waals surface area contributed by atoms with E-state index in [1.807, 2.05) is 7.05 Å². The van der Waals surface area contributed by atoms with Crippen molar-refractivity contribution in [1.82, 2.24) is 9.80 Å². The Labute approximate surface area is 231 Å². The van der Waals surface area contributed by atoms with Crippen molar-refractivity contribution in [3.63, 3.8) is 0 Å². The second kappa shape index (κ2) is 9.76. The van der Waals surface area contributed by atoms with Crippen LogP contribution in [0.25, 0.3) is 0 Å². The molecule has 5 rings (SSSR count). The molecule has 39 heavy (non-hydrogen) atoms. The van der Waals surface area contributed by atoms with Gasteiger partial charge in [-0.15, -0.1) is 0 Å². The van der Waals surface area contributed by atoms with Gasteiger partial charge in [-0.3, -0.25) is 28.9 Å². The number of phenols is 1. The lowest BCUT2D eigenvalue weighted by Gasteiger charge is -2.52. The van der Waals surface area contributed by atoms with Crippen LogP contribution in [0.4, 0.5) is 0 Å². The van der Waals surface area contributed by atoms with Crippen LogP contribution < -0.4 is 5.73 Å². The van der Waals surface area contributed by atoms with Gasteiger partial charge in [0, 0.05) is 24.0 Å². The average Bonchev–Trinajstić information content (AvgIpc) is 2.81. The highest BCUT2D eigenvalue weighted by Gasteiger charge is 2.69. The molecule has 10 nitrogen and oxygen atoms in total. The molecule has 6 atom stereocenters. The first-order chi connectivity index (χ1) is 18.3. The second-order valence-electron chi connectivity index (χ2n) is 12.0. The summed E-state index contributed by atoms with van der Waals surface area (Å²) in [6.07, 6.45) is 3.75. The van der Waals surface area contributed by atoms with Gasteiger partial charge in [0.25, 0.3) is 0 Å². The molecule has 2 unspecified atom stereocenters. The standard InChI is InChI=1S/C28H34ClN3O7/c1-31(2)22-16-8-13-7-15-19(17(33)9-14(21(15)29)11-32(3)10-12-5-4-6-12)23(34)18(13)25(36)28(16,39)26(37)20(24(22)35)27(30)38/h9,12-13,16,18,20,22,33,39H,4-8,10-11H2,1-3H3,(H2,30,38)/t13-,16-,18?,20?,22-,28-/m0/s1. The number of halogens is 1. The Hall–Kier alpha value is -2.66. The first-order valence-electron chi connectivity index (χ1n) is 13.3. The van der Waals surface area contributed by atoms with E-state index in [2.05, 4.69) is 4.90 Å². The van der Waals surface area contributed by atoms with Gasteiger partial charge < -0.3 is 20.8 Å². The first kappa shape index (κ1) is 27.9. The number of nitrogens with zero attached hydrogens (tertiary/aromatic N) is 2. The number of hydrogen-bond donors (Lipinski definition) is 3. The van der Waals surface area contributed by atoms with E-state index in [-0.39, 0.29) is 24.2 Å². The number of carbonyl (C=O) groups excluding carboxylic acids is 5. The van der Waals surface area contributed by atoms with Crippen molar-refractivity contribution in [2.45, 2.75) is 50.3 Å². The highest BCUT2D eigenvalue weighted by Crippen LogP contribution is 2.51. The van der Waals surface area contributed by atoms with Crippen molar-refractivity contribution in [1.29, 1.82) is 0 Å². The van der Waals surface area contributed by atoms with Crippen LogP contribution in [0.3, 0.4) is 0 Å². The van der Waals surface area contributed by atoms with Crippen LogP contribution in [0.15, 0.2) is 6.07 Å². The summed E-state index contributed by atoms with van der Waals surface area (Å²) in [5, 5.41) is 22.9. The van der Waals surface area contributed by atoms with E-state index >= 15 is 0 Å². The molecule has 4 N–H and O–H groups in total. The number of likely N-dealkylation sites (N-methyl/N-ethyl adjacent to an activating group) is 1. The van der Waals surface area contributed by atoms with E-state index in [4.69, 9.17) is 17.3 Å². The Morgan fingerprint density at radius 3 is 2.38 bits per heavy atom. The first-order valence-corrected chi connectivity index (χ1v) is 13.7. The van der Waals surface area contributed by atoms with Gasteiger partial charge in [-0.1, -0.05) is 18.0 Å². The second-order valence-corrected chi connectivity index (χ2v) is 12.4. The van der Waals surface area contributed by atoms with Crippen LogP contribution in [0.1, 0.15) is 47.2 Å². The minimum atomic E-state index is -2.74. The van der Waals surface area contributed by atoms with Crippen molar-refractivity contribution >= 4 is 40.6 Å². The van der Waals surface area contributed by atoms with Gasteiger partial charge in [-0.2, -0.15) is 0 Å². The molecule has 1 aromatic carbocycles. The molecule has 0 radical (unpaired) electrons. The fourth-order valence-electron chi connectivity index (χ4n) is 7.29. The SMILES string of the molecule is CN(Cc1cc(O)c2c(c1Cl)C[C@H]1C[C@H]3[C@H](N(C)C)C(=O)C(C(N)=O)C(=O)[C@@]3(O)C(=O)C1C2=O)CC1CCC1. The van der Waals surface area contributed by atoms with Crippen molar-refractivity contribution < 1.29 is 34.2 Å². The van der Waals surface area contributed by atoms with E-state index in [0.29, 0.717) is 28.6 Å². The number of primary amides is 1. The van der Waals surface area contributed by atoms with Crippen LogP contribution in [0.5, 0.6) is 5.75 Å². The number of ketones is 4. The van der Waals surface area contributed by atoms with Gasteiger partial charge >= 0.3 is 0 Å². The number of Topliss-reactive ketones (excluding diaryl/α,β-unsaturated/α-hetero) is 4.